The Labute approximate surface area is 123 Å². The molecule has 1 heterocycles. The van der Waals surface area contributed by atoms with Crippen LogP contribution in [0.3, 0.4) is 0 Å². The van der Waals surface area contributed by atoms with Crippen LogP contribution in [-0.4, -0.2) is 36.9 Å². The van der Waals surface area contributed by atoms with Crippen molar-refractivity contribution in [2.45, 2.75) is 19.8 Å². The van der Waals surface area contributed by atoms with Crippen molar-refractivity contribution in [3.63, 3.8) is 0 Å². The lowest BCUT2D eigenvalue weighted by Gasteiger charge is -2.10. The first-order valence-corrected chi connectivity index (χ1v) is 8.43. The highest BCUT2D eigenvalue weighted by Crippen LogP contribution is 2.22. The number of hydrogen-bond donors (Lipinski definition) is 2. The van der Waals surface area contributed by atoms with E-state index < -0.39 is 15.8 Å². The van der Waals surface area contributed by atoms with Crippen molar-refractivity contribution < 1.29 is 23.1 Å². The lowest BCUT2D eigenvalue weighted by molar-refractivity contribution is -0.116. The van der Waals surface area contributed by atoms with E-state index in [0.29, 0.717) is 17.7 Å². The van der Waals surface area contributed by atoms with Crippen LogP contribution in [0.2, 0.25) is 0 Å². The molecule has 1 aliphatic rings. The van der Waals surface area contributed by atoms with Crippen molar-refractivity contribution in [2.75, 3.05) is 16.8 Å². The lowest BCUT2D eigenvalue weighted by atomic mass is 10.0. The molecule has 114 valence electrons. The van der Waals surface area contributed by atoms with Crippen LogP contribution in [0.1, 0.15) is 28.8 Å². The Hall–Kier alpha value is -1.89. The summed E-state index contributed by atoms with van der Waals surface area (Å²) in [5.41, 5.74) is 1.16. The fourth-order valence-corrected chi connectivity index (χ4v) is 4.30. The fraction of sp³-hybridized carbons (Fsp3) is 0.429. The molecule has 1 aromatic rings. The minimum absolute atomic E-state index is 0.0503. The maximum atomic E-state index is 11.9. The molecule has 21 heavy (non-hydrogen) atoms. The average Bonchev–Trinajstić information content (AvgIpc) is 2.70. The van der Waals surface area contributed by atoms with Gasteiger partial charge in [0.25, 0.3) is 0 Å². The lowest BCUT2D eigenvalue weighted by Crippen LogP contribution is -2.17. The number of carboxylic acids is 1. The highest BCUT2D eigenvalue weighted by Gasteiger charge is 2.29. The molecule has 0 aliphatic carbocycles. The van der Waals surface area contributed by atoms with Gasteiger partial charge < -0.3 is 10.4 Å². The third-order valence-electron chi connectivity index (χ3n) is 3.55. The highest BCUT2D eigenvalue weighted by molar-refractivity contribution is 7.91. The molecule has 1 amide bonds. The summed E-state index contributed by atoms with van der Waals surface area (Å²) < 4.78 is 22.7. The molecule has 0 aromatic heterocycles. The third-order valence-corrected chi connectivity index (χ3v) is 5.39. The second kappa shape index (κ2) is 5.85. The van der Waals surface area contributed by atoms with Crippen molar-refractivity contribution in [3.8, 4) is 0 Å². The van der Waals surface area contributed by atoms with Crippen LogP contribution >= 0.6 is 0 Å². The number of amides is 1. The molecule has 1 fully saturated rings. The molecule has 7 heteroatoms. The molecule has 0 radical (unpaired) electrons. The third kappa shape index (κ3) is 4.04. The van der Waals surface area contributed by atoms with Crippen LogP contribution in [0.25, 0.3) is 0 Å². The van der Waals surface area contributed by atoms with Crippen molar-refractivity contribution in [1.82, 2.24) is 0 Å². The monoisotopic (exact) mass is 311 g/mol. The summed E-state index contributed by atoms with van der Waals surface area (Å²) in [6.07, 6.45) is 0.638. The molecule has 2 rings (SSSR count). The smallest absolute Gasteiger partial charge is 0.336 e. The summed E-state index contributed by atoms with van der Waals surface area (Å²) in [6, 6.07) is 4.66. The minimum atomic E-state index is -3.00. The van der Waals surface area contributed by atoms with Crippen LogP contribution < -0.4 is 5.32 Å². The topological polar surface area (TPSA) is 101 Å². The maximum Gasteiger partial charge on any atom is 0.336 e. The van der Waals surface area contributed by atoms with Crippen LogP contribution in [0.15, 0.2) is 18.2 Å². The number of rotatable bonds is 4. The van der Waals surface area contributed by atoms with Crippen LogP contribution in [0.5, 0.6) is 0 Å². The zero-order valence-electron chi connectivity index (χ0n) is 11.6. The molecule has 1 aliphatic heterocycles. The Morgan fingerprint density at radius 2 is 2.10 bits per heavy atom. The van der Waals surface area contributed by atoms with Crippen molar-refractivity contribution in [3.05, 3.63) is 29.3 Å². The second-order valence-corrected chi connectivity index (χ2v) is 7.58. The van der Waals surface area contributed by atoms with E-state index in [4.69, 9.17) is 5.11 Å². The molecule has 1 atom stereocenters. The Bertz CT molecular complexity index is 681. The van der Waals surface area contributed by atoms with Gasteiger partial charge in [0.15, 0.2) is 9.84 Å². The quantitative estimate of drug-likeness (QED) is 0.876. The SMILES string of the molecule is Cc1ccc(NC(=O)CC2CCS(=O)(=O)C2)cc1C(=O)O. The van der Waals surface area contributed by atoms with E-state index >= 15 is 0 Å². The van der Waals surface area contributed by atoms with Crippen LogP contribution in [0, 0.1) is 12.8 Å². The van der Waals surface area contributed by atoms with E-state index in [-0.39, 0.29) is 35.3 Å². The minimum Gasteiger partial charge on any atom is -0.478 e. The molecule has 1 unspecified atom stereocenters. The number of carbonyl (C=O) groups excluding carboxylic acids is 1. The zero-order chi connectivity index (χ0) is 15.6. The largest absolute Gasteiger partial charge is 0.478 e. The molecule has 2 N–H and O–H groups in total. The van der Waals surface area contributed by atoms with E-state index in [1.165, 1.54) is 6.07 Å². The Balaban J connectivity index is 2.00. The van der Waals surface area contributed by atoms with Crippen molar-refractivity contribution >= 4 is 27.4 Å². The van der Waals surface area contributed by atoms with Gasteiger partial charge in [-0.3, -0.25) is 4.79 Å². The first kappa shape index (κ1) is 15.5. The number of carbonyl (C=O) groups is 2. The van der Waals surface area contributed by atoms with Gasteiger partial charge in [-0.2, -0.15) is 0 Å². The predicted molar refractivity (Wildman–Crippen MR) is 78.1 cm³/mol. The molecule has 0 saturated carbocycles. The number of aromatic carboxylic acids is 1. The van der Waals surface area contributed by atoms with E-state index in [9.17, 15) is 18.0 Å². The number of benzene rings is 1. The molecule has 1 saturated heterocycles. The molecule has 1 aromatic carbocycles. The van der Waals surface area contributed by atoms with E-state index in [1.54, 1.807) is 19.1 Å². The Kier molecular flexibility index (Phi) is 4.32. The van der Waals surface area contributed by atoms with Gasteiger partial charge >= 0.3 is 5.97 Å². The first-order chi connectivity index (χ1) is 9.77. The van der Waals surface area contributed by atoms with Gasteiger partial charge in [0.05, 0.1) is 17.1 Å². The summed E-state index contributed by atoms with van der Waals surface area (Å²) in [6.45, 7) is 1.68. The number of aryl methyl sites for hydroxylation is 1. The summed E-state index contributed by atoms with van der Waals surface area (Å²) in [7, 11) is -3.00. The molecular formula is C14H17NO5S. The summed E-state index contributed by atoms with van der Waals surface area (Å²) in [4.78, 5) is 22.9. The number of carboxylic acid groups (broad SMARTS) is 1. The molecular weight excluding hydrogens is 294 g/mol. The van der Waals surface area contributed by atoms with Gasteiger partial charge in [0, 0.05) is 12.1 Å². The maximum absolute atomic E-state index is 11.9. The number of hydrogen-bond acceptors (Lipinski definition) is 4. The van der Waals surface area contributed by atoms with Gasteiger partial charge in [-0.1, -0.05) is 6.07 Å². The van der Waals surface area contributed by atoms with Crippen molar-refractivity contribution in [1.29, 1.82) is 0 Å². The van der Waals surface area contributed by atoms with E-state index in [0.717, 1.165) is 0 Å². The molecule has 6 nitrogen and oxygen atoms in total. The van der Waals surface area contributed by atoms with Gasteiger partial charge in [0.1, 0.15) is 0 Å². The summed E-state index contributed by atoms with van der Waals surface area (Å²) >= 11 is 0. The predicted octanol–water partition coefficient (Wildman–Crippen LogP) is 1.46. The number of sulfone groups is 1. The number of nitrogens with one attached hydrogen (secondary N) is 1. The normalized spacial score (nSPS) is 20.1. The Morgan fingerprint density at radius 3 is 2.67 bits per heavy atom. The fourth-order valence-electron chi connectivity index (χ4n) is 2.44. The van der Waals surface area contributed by atoms with Crippen LogP contribution in [-0.2, 0) is 14.6 Å². The Morgan fingerprint density at radius 1 is 1.38 bits per heavy atom. The number of anilines is 1. The van der Waals surface area contributed by atoms with Crippen molar-refractivity contribution in [2.24, 2.45) is 5.92 Å². The molecule has 0 spiro atoms. The van der Waals surface area contributed by atoms with E-state index in [1.807, 2.05) is 0 Å². The van der Waals surface area contributed by atoms with Gasteiger partial charge in [0.2, 0.25) is 5.91 Å². The van der Waals surface area contributed by atoms with Gasteiger partial charge in [-0.15, -0.1) is 0 Å². The second-order valence-electron chi connectivity index (χ2n) is 5.36. The standard InChI is InChI=1S/C14H17NO5S/c1-9-2-3-11(7-12(9)14(17)18)15-13(16)6-10-4-5-21(19,20)8-10/h2-3,7,10H,4-6,8H2,1H3,(H,15,16)(H,17,18). The zero-order valence-corrected chi connectivity index (χ0v) is 12.4. The molecule has 0 bridgehead atoms. The first-order valence-electron chi connectivity index (χ1n) is 6.61. The highest BCUT2D eigenvalue weighted by atomic mass is 32.2. The summed E-state index contributed by atoms with van der Waals surface area (Å²) in [5.74, 6) is -1.31. The average molecular weight is 311 g/mol. The van der Waals surface area contributed by atoms with Gasteiger partial charge in [-0.25, -0.2) is 13.2 Å². The van der Waals surface area contributed by atoms with Crippen LogP contribution in [0.4, 0.5) is 5.69 Å². The van der Waals surface area contributed by atoms with Gasteiger partial charge in [-0.05, 0) is 37.0 Å². The van der Waals surface area contributed by atoms with E-state index in [2.05, 4.69) is 5.32 Å². The summed E-state index contributed by atoms with van der Waals surface area (Å²) in [5, 5.41) is 11.7.